The maximum Gasteiger partial charge on any atom is 0.194 e. The van der Waals surface area contributed by atoms with Gasteiger partial charge in [0, 0.05) is 5.56 Å². The molecule has 0 N–H and O–H groups in total. The van der Waals surface area contributed by atoms with Crippen LogP contribution in [0, 0.1) is 17.5 Å². The van der Waals surface area contributed by atoms with Crippen molar-refractivity contribution < 1.29 is 26.1 Å². The van der Waals surface area contributed by atoms with E-state index < -0.39 is 35.4 Å². The van der Waals surface area contributed by atoms with Crippen LogP contribution in [0.3, 0.4) is 0 Å². The topological polar surface area (TPSA) is 49.4 Å². The zero-order valence-corrected chi connectivity index (χ0v) is 7.45. The highest BCUT2D eigenvalue weighted by Gasteiger charge is 2.13. The Balaban J connectivity index is 2.88. The number of halogens is 3. The lowest BCUT2D eigenvalue weighted by atomic mass is 10.2. The predicted octanol–water partition coefficient (Wildman–Crippen LogP) is 1.41. The molecule has 1 aromatic carbocycles. The molecule has 1 unspecified atom stereocenters. The van der Waals surface area contributed by atoms with Crippen molar-refractivity contribution in [2.24, 2.45) is 0 Å². The Hall–Kier alpha value is -0.920. The molecule has 78 valence electrons. The molecule has 0 fully saturated rings. The molecular formula is C7H4F3O3S-. The summed E-state index contributed by atoms with van der Waals surface area (Å²) in [5.41, 5.74) is -0.367. The van der Waals surface area contributed by atoms with Crippen molar-refractivity contribution in [2.75, 3.05) is 0 Å². The van der Waals surface area contributed by atoms with Crippen molar-refractivity contribution in [1.29, 1.82) is 0 Å². The fourth-order valence-corrected chi connectivity index (χ4v) is 1.01. The molecule has 14 heavy (non-hydrogen) atoms. The van der Waals surface area contributed by atoms with Gasteiger partial charge in [-0.2, -0.15) is 0 Å². The molecule has 0 saturated heterocycles. The van der Waals surface area contributed by atoms with Crippen molar-refractivity contribution in [3.05, 3.63) is 35.1 Å². The summed E-state index contributed by atoms with van der Waals surface area (Å²) in [7, 11) is 0. The van der Waals surface area contributed by atoms with E-state index in [1.807, 2.05) is 0 Å². The van der Waals surface area contributed by atoms with E-state index >= 15 is 0 Å². The Morgan fingerprint density at radius 1 is 1.29 bits per heavy atom. The van der Waals surface area contributed by atoms with Gasteiger partial charge in [0.1, 0.15) is 0 Å². The van der Waals surface area contributed by atoms with Gasteiger partial charge in [0.2, 0.25) is 0 Å². The van der Waals surface area contributed by atoms with E-state index in [4.69, 9.17) is 0 Å². The Kier molecular flexibility index (Phi) is 3.62. The first-order valence-electron chi connectivity index (χ1n) is 3.37. The summed E-state index contributed by atoms with van der Waals surface area (Å²) in [6.45, 7) is -0.668. The minimum atomic E-state index is -2.82. The molecule has 0 aromatic heterocycles. The molecule has 0 heterocycles. The molecule has 0 aliphatic rings. The standard InChI is InChI=1S/C7H5F3O3S/c8-5-2-1-4(3-13-14(11)12)6(9)7(5)10/h1-2H,3H2,(H,11,12)/p-1. The second-order valence-electron chi connectivity index (χ2n) is 2.30. The quantitative estimate of drug-likeness (QED) is 0.577. The van der Waals surface area contributed by atoms with Gasteiger partial charge in [0.15, 0.2) is 17.5 Å². The largest absolute Gasteiger partial charge is 0.750 e. The molecule has 0 saturated carbocycles. The first-order valence-corrected chi connectivity index (χ1v) is 4.37. The highest BCUT2D eigenvalue weighted by molar-refractivity contribution is 7.74. The van der Waals surface area contributed by atoms with Crippen molar-refractivity contribution in [3.8, 4) is 0 Å². The van der Waals surface area contributed by atoms with Gasteiger partial charge in [-0.1, -0.05) is 6.07 Å². The fourth-order valence-electron chi connectivity index (χ4n) is 0.789. The van der Waals surface area contributed by atoms with Crippen LogP contribution in [0.25, 0.3) is 0 Å². The Morgan fingerprint density at radius 3 is 2.50 bits per heavy atom. The highest BCUT2D eigenvalue weighted by atomic mass is 32.2. The normalized spacial score (nSPS) is 12.9. The fraction of sp³-hybridized carbons (Fsp3) is 0.143. The second kappa shape index (κ2) is 4.54. The lowest BCUT2D eigenvalue weighted by molar-refractivity contribution is 0.283. The summed E-state index contributed by atoms with van der Waals surface area (Å²) in [6, 6.07) is 1.59. The summed E-state index contributed by atoms with van der Waals surface area (Å²) in [5, 5.41) is 0. The van der Waals surface area contributed by atoms with Crippen LogP contribution in [-0.2, 0) is 22.2 Å². The smallest absolute Gasteiger partial charge is 0.194 e. The molecular weight excluding hydrogens is 221 g/mol. The van der Waals surface area contributed by atoms with E-state index in [0.29, 0.717) is 6.07 Å². The second-order valence-corrected chi connectivity index (χ2v) is 2.94. The maximum atomic E-state index is 12.8. The van der Waals surface area contributed by atoms with Gasteiger partial charge in [-0.3, -0.25) is 4.18 Å². The summed E-state index contributed by atoms with van der Waals surface area (Å²) in [5.74, 6) is -4.44. The van der Waals surface area contributed by atoms with Gasteiger partial charge in [0.25, 0.3) is 0 Å². The van der Waals surface area contributed by atoms with Gasteiger partial charge >= 0.3 is 0 Å². The predicted molar refractivity (Wildman–Crippen MR) is 40.0 cm³/mol. The summed E-state index contributed by atoms with van der Waals surface area (Å²) < 4.78 is 61.6. The van der Waals surface area contributed by atoms with Gasteiger partial charge < -0.3 is 4.55 Å². The van der Waals surface area contributed by atoms with Crippen LogP contribution in [0.4, 0.5) is 13.2 Å². The summed E-state index contributed by atoms with van der Waals surface area (Å²) >= 11 is -2.82. The third kappa shape index (κ3) is 2.53. The van der Waals surface area contributed by atoms with E-state index in [9.17, 15) is 21.9 Å². The molecule has 1 aromatic rings. The summed E-state index contributed by atoms with van der Waals surface area (Å²) in [4.78, 5) is 0. The number of hydrogen-bond acceptors (Lipinski definition) is 3. The van der Waals surface area contributed by atoms with Crippen molar-refractivity contribution >= 4 is 11.4 Å². The zero-order chi connectivity index (χ0) is 10.7. The molecule has 7 heteroatoms. The van der Waals surface area contributed by atoms with E-state index in [0.717, 1.165) is 6.07 Å². The first-order chi connectivity index (χ1) is 6.52. The van der Waals surface area contributed by atoms with Crippen LogP contribution in [0.2, 0.25) is 0 Å². The van der Waals surface area contributed by atoms with E-state index in [1.54, 1.807) is 0 Å². The maximum absolute atomic E-state index is 12.8. The summed E-state index contributed by atoms with van der Waals surface area (Å²) in [6.07, 6.45) is 0. The molecule has 0 radical (unpaired) electrons. The Morgan fingerprint density at radius 2 is 1.93 bits per heavy atom. The van der Waals surface area contributed by atoms with Crippen LogP contribution >= 0.6 is 0 Å². The van der Waals surface area contributed by atoms with E-state index in [2.05, 4.69) is 4.18 Å². The number of rotatable bonds is 3. The Labute approximate surface area is 80.0 Å². The molecule has 3 nitrogen and oxygen atoms in total. The van der Waals surface area contributed by atoms with Crippen LogP contribution in [0.15, 0.2) is 12.1 Å². The Bertz CT molecular complexity index is 369. The number of hydrogen-bond donors (Lipinski definition) is 0. The highest BCUT2D eigenvalue weighted by Crippen LogP contribution is 2.15. The minimum Gasteiger partial charge on any atom is -0.750 e. The molecule has 0 aliphatic carbocycles. The average Bonchev–Trinajstić information content (AvgIpc) is 2.13. The zero-order valence-electron chi connectivity index (χ0n) is 6.63. The molecule has 0 amide bonds. The monoisotopic (exact) mass is 225 g/mol. The average molecular weight is 225 g/mol. The van der Waals surface area contributed by atoms with Crippen molar-refractivity contribution in [3.63, 3.8) is 0 Å². The molecule has 1 atom stereocenters. The lowest BCUT2D eigenvalue weighted by Crippen LogP contribution is -2.02. The molecule has 0 bridgehead atoms. The van der Waals surface area contributed by atoms with Gasteiger partial charge in [-0.15, -0.1) is 0 Å². The third-order valence-corrected chi connectivity index (χ3v) is 1.74. The lowest BCUT2D eigenvalue weighted by Gasteiger charge is -2.07. The van der Waals surface area contributed by atoms with Crippen LogP contribution in [0.1, 0.15) is 5.56 Å². The SMILES string of the molecule is O=S([O-])OCc1ccc(F)c(F)c1F. The van der Waals surface area contributed by atoms with Gasteiger partial charge in [-0.05, 0) is 6.07 Å². The van der Waals surface area contributed by atoms with E-state index in [-0.39, 0.29) is 5.56 Å². The van der Waals surface area contributed by atoms with Gasteiger partial charge in [-0.25, -0.2) is 17.4 Å². The minimum absolute atomic E-state index is 0.367. The van der Waals surface area contributed by atoms with Crippen LogP contribution in [0.5, 0.6) is 0 Å². The number of benzene rings is 1. The van der Waals surface area contributed by atoms with E-state index in [1.165, 1.54) is 0 Å². The molecule has 0 spiro atoms. The van der Waals surface area contributed by atoms with Gasteiger partial charge in [0.05, 0.1) is 18.0 Å². The first kappa shape index (κ1) is 11.2. The van der Waals surface area contributed by atoms with Crippen LogP contribution < -0.4 is 0 Å². The van der Waals surface area contributed by atoms with Crippen molar-refractivity contribution in [2.45, 2.75) is 6.61 Å². The van der Waals surface area contributed by atoms with Crippen LogP contribution in [-0.4, -0.2) is 8.76 Å². The molecule has 1 rings (SSSR count). The van der Waals surface area contributed by atoms with Crippen molar-refractivity contribution in [1.82, 2.24) is 0 Å². The molecule has 0 aliphatic heterocycles. The third-order valence-electron chi connectivity index (χ3n) is 1.43.